The number of rotatable bonds is 2. The van der Waals surface area contributed by atoms with Gasteiger partial charge in [-0.3, -0.25) is 0 Å². The molecule has 4 rings (SSSR count). The van der Waals surface area contributed by atoms with Gasteiger partial charge in [0.25, 0.3) is 0 Å². The van der Waals surface area contributed by atoms with E-state index in [-0.39, 0.29) is 35.6 Å². The topological polar surface area (TPSA) is 0 Å². The van der Waals surface area contributed by atoms with Crippen LogP contribution in [0.1, 0.15) is 80.6 Å². The monoisotopic (exact) mass is 498 g/mol. The third-order valence-electron chi connectivity index (χ3n) is 7.54. The fourth-order valence-electron chi connectivity index (χ4n) is 6.33. The molecular weight excluding hydrogens is 462 g/mol. The van der Waals surface area contributed by atoms with Gasteiger partial charge in [-0.15, -0.1) is 0 Å². The molecule has 0 N–H and O–H groups in total. The van der Waals surface area contributed by atoms with Crippen molar-refractivity contribution in [3.63, 3.8) is 0 Å². The number of hydrogen-bond donors (Lipinski definition) is 0. The zero-order chi connectivity index (χ0) is 18.9. The van der Waals surface area contributed by atoms with Crippen LogP contribution in [-0.2, 0) is 20.3 Å². The third kappa shape index (κ3) is 3.87. The summed E-state index contributed by atoms with van der Waals surface area (Å²) in [6.45, 7) is 17.3. The minimum atomic E-state index is -2.34. The molecule has 1 heterocycles. The van der Waals surface area contributed by atoms with Gasteiger partial charge in [0.1, 0.15) is 0 Å². The number of allylic oxidation sites excluding steroid dienone is 8. The molecule has 0 aromatic rings. The normalized spacial score (nSPS) is 29.8. The van der Waals surface area contributed by atoms with Crippen molar-refractivity contribution in [2.75, 3.05) is 0 Å². The zero-order valence-electron chi connectivity index (χ0n) is 18.9. The van der Waals surface area contributed by atoms with Crippen LogP contribution in [0, 0.1) is 10.8 Å². The van der Waals surface area contributed by atoms with E-state index in [0.717, 1.165) is 7.25 Å². The van der Waals surface area contributed by atoms with Crippen molar-refractivity contribution in [3.8, 4) is 0 Å². The second-order valence-electron chi connectivity index (χ2n) is 11.4. The van der Waals surface area contributed by atoms with Gasteiger partial charge in [0.05, 0.1) is 0 Å². The molecule has 28 heavy (non-hydrogen) atoms. The van der Waals surface area contributed by atoms with Crippen LogP contribution >= 0.6 is 0 Å². The minimum absolute atomic E-state index is 0. The van der Waals surface area contributed by atoms with Crippen molar-refractivity contribution in [1.82, 2.24) is 0 Å². The summed E-state index contributed by atoms with van der Waals surface area (Å²) in [6.07, 6.45) is 14.8. The molecular formula is C25H38Cl2Zr. The van der Waals surface area contributed by atoms with E-state index < -0.39 is 20.3 Å². The molecule has 1 saturated heterocycles. The van der Waals surface area contributed by atoms with Gasteiger partial charge >= 0.3 is 167 Å². The molecule has 0 spiro atoms. The Morgan fingerprint density at radius 3 is 2.07 bits per heavy atom. The standard InChI is InChI=1S/C13H21.C9H11.C3H6.2ClH.Zr/c1-12(2,3)10-8-7-9-11(10)13(4,5)6;1-2-5-9-7-3-6-8(9)4-1;1-3-2;;;/h8H,7H2,1-6H3;3,6-7H,1-2,4-5H2;3H,1H2,2H3;2*1H;/q;;;;;+2/p-2. The summed E-state index contributed by atoms with van der Waals surface area (Å²) in [5.74, 6) is 0. The van der Waals surface area contributed by atoms with E-state index in [1.807, 2.05) is 8.85 Å². The van der Waals surface area contributed by atoms with E-state index in [1.54, 1.807) is 20.8 Å². The Bertz CT molecular complexity index is 754. The van der Waals surface area contributed by atoms with Crippen LogP contribution in [-0.4, -0.2) is 0 Å². The summed E-state index contributed by atoms with van der Waals surface area (Å²) in [7, 11) is 0. The number of halogens is 2. The average Bonchev–Trinajstić information content (AvgIpc) is 2.95. The Morgan fingerprint density at radius 1 is 0.929 bits per heavy atom. The maximum Gasteiger partial charge on any atom is -1.00 e. The van der Waals surface area contributed by atoms with Gasteiger partial charge < -0.3 is 24.8 Å². The molecule has 3 heteroatoms. The van der Waals surface area contributed by atoms with Crippen molar-refractivity contribution in [3.05, 3.63) is 43.8 Å². The maximum absolute atomic E-state index is 2.69. The Balaban J connectivity index is 0.00000140. The van der Waals surface area contributed by atoms with Crippen molar-refractivity contribution in [2.24, 2.45) is 10.8 Å². The summed E-state index contributed by atoms with van der Waals surface area (Å²) in [6, 6.07) is 0. The van der Waals surface area contributed by atoms with Crippen LogP contribution in [0.5, 0.6) is 0 Å². The fourth-order valence-corrected chi connectivity index (χ4v) is 23.9. The summed E-state index contributed by atoms with van der Waals surface area (Å²) < 4.78 is 5.54. The van der Waals surface area contributed by atoms with Gasteiger partial charge in [-0.05, 0) is 0 Å². The predicted molar refractivity (Wildman–Crippen MR) is 111 cm³/mol. The van der Waals surface area contributed by atoms with Crippen LogP contribution in [0.3, 0.4) is 0 Å². The Labute approximate surface area is 190 Å². The van der Waals surface area contributed by atoms with Gasteiger partial charge in [0.15, 0.2) is 0 Å². The molecule has 1 fully saturated rings. The summed E-state index contributed by atoms with van der Waals surface area (Å²) in [5.41, 5.74) is 7.68. The second-order valence-corrected chi connectivity index (χ2v) is 23.0. The zero-order valence-corrected chi connectivity index (χ0v) is 22.9. The van der Waals surface area contributed by atoms with Gasteiger partial charge in [0, 0.05) is 0 Å². The summed E-state index contributed by atoms with van der Waals surface area (Å²) >= 11 is -2.34. The molecule has 0 amide bonds. The molecule has 1 aliphatic heterocycles. The van der Waals surface area contributed by atoms with E-state index in [2.05, 4.69) is 66.7 Å². The molecule has 0 radical (unpaired) electrons. The molecule has 0 bridgehead atoms. The van der Waals surface area contributed by atoms with E-state index in [9.17, 15) is 0 Å². The third-order valence-corrected chi connectivity index (χ3v) is 22.2. The Kier molecular flexibility index (Phi) is 7.20. The van der Waals surface area contributed by atoms with Gasteiger partial charge in [-0.1, -0.05) is 0 Å². The molecule has 0 nitrogen and oxygen atoms in total. The van der Waals surface area contributed by atoms with Gasteiger partial charge in [-0.25, -0.2) is 0 Å². The van der Waals surface area contributed by atoms with Crippen LogP contribution in [0.25, 0.3) is 0 Å². The van der Waals surface area contributed by atoms with Crippen LogP contribution in [0.2, 0.25) is 11.4 Å². The smallest absolute Gasteiger partial charge is 1.00 e. The largest absolute Gasteiger partial charge is 1.00 e. The van der Waals surface area contributed by atoms with Crippen molar-refractivity contribution in [1.29, 1.82) is 0 Å². The summed E-state index contributed by atoms with van der Waals surface area (Å²) in [5, 5.41) is 0. The first kappa shape index (κ1) is 24.7. The number of hydrogen-bond acceptors (Lipinski definition) is 0. The predicted octanol–water partition coefficient (Wildman–Crippen LogP) is 2.29. The average molecular weight is 501 g/mol. The van der Waals surface area contributed by atoms with E-state index in [0.29, 0.717) is 0 Å². The first-order valence-electron chi connectivity index (χ1n) is 10.9. The quantitative estimate of drug-likeness (QED) is 0.546. The molecule has 3 unspecified atom stereocenters. The first-order chi connectivity index (χ1) is 12.1. The molecule has 3 aliphatic carbocycles. The van der Waals surface area contributed by atoms with E-state index in [4.69, 9.17) is 0 Å². The van der Waals surface area contributed by atoms with Gasteiger partial charge in [-0.2, -0.15) is 0 Å². The molecule has 3 atom stereocenters. The Hall–Kier alpha value is 0.423. The summed E-state index contributed by atoms with van der Waals surface area (Å²) in [4.78, 5) is 0. The fraction of sp³-hybridized carbons (Fsp3) is 0.680. The maximum atomic E-state index is 2.69. The minimum Gasteiger partial charge on any atom is -1.00 e. The van der Waals surface area contributed by atoms with Gasteiger partial charge in [0.2, 0.25) is 0 Å². The van der Waals surface area contributed by atoms with E-state index in [1.165, 1.54) is 32.1 Å². The molecule has 156 valence electrons. The van der Waals surface area contributed by atoms with E-state index >= 15 is 0 Å². The molecule has 4 aliphatic rings. The van der Waals surface area contributed by atoms with Crippen LogP contribution in [0.15, 0.2) is 43.8 Å². The van der Waals surface area contributed by atoms with Crippen molar-refractivity contribution in [2.45, 2.75) is 92.0 Å². The molecule has 0 aromatic heterocycles. The molecule has 0 aromatic carbocycles. The second kappa shape index (κ2) is 8.17. The van der Waals surface area contributed by atoms with Crippen LogP contribution < -0.4 is 24.8 Å². The first-order valence-corrected chi connectivity index (χ1v) is 16.7. The van der Waals surface area contributed by atoms with Crippen molar-refractivity contribution >= 4 is 0 Å². The van der Waals surface area contributed by atoms with Crippen molar-refractivity contribution < 1.29 is 45.1 Å². The molecule has 0 saturated carbocycles. The van der Waals surface area contributed by atoms with Crippen LogP contribution in [0.4, 0.5) is 0 Å². The Morgan fingerprint density at radius 2 is 1.54 bits per heavy atom. The SMILES string of the molecule is C[CH]1[CH2][Zr+2]1([C]1=C(C(C)(C)C)C(C(C)(C)C)=CC1)[CH]1C=CC2=C1CCCC2.[Cl-].[Cl-].